The molecule has 0 aliphatic carbocycles. The first-order chi connectivity index (χ1) is 11.9. The number of nitrogens with one attached hydrogen (secondary N) is 2. The van der Waals surface area contributed by atoms with E-state index in [0.29, 0.717) is 17.9 Å². The molecule has 7 nitrogen and oxygen atoms in total. The molecule has 0 bridgehead atoms. The van der Waals surface area contributed by atoms with Crippen molar-refractivity contribution in [3.05, 3.63) is 34.0 Å². The van der Waals surface area contributed by atoms with E-state index in [2.05, 4.69) is 10.6 Å². The number of esters is 1. The Morgan fingerprint density at radius 3 is 2.76 bits per heavy atom. The minimum atomic E-state index is -0.769. The second-order valence-electron chi connectivity index (χ2n) is 5.61. The highest BCUT2D eigenvalue weighted by Gasteiger charge is 2.33. The van der Waals surface area contributed by atoms with Gasteiger partial charge in [-0.25, -0.2) is 9.59 Å². The Morgan fingerprint density at radius 2 is 2.12 bits per heavy atom. The molecule has 1 heterocycles. The summed E-state index contributed by atoms with van der Waals surface area (Å²) in [5.74, 6) is -0.584. The molecule has 0 saturated carbocycles. The molecule has 0 fully saturated rings. The van der Waals surface area contributed by atoms with E-state index in [1.807, 2.05) is 6.92 Å². The zero-order valence-electron chi connectivity index (χ0n) is 14.3. The molecule has 1 aliphatic rings. The molecule has 2 rings (SSSR count). The van der Waals surface area contributed by atoms with E-state index in [0.717, 1.165) is 12.8 Å². The second-order valence-corrected chi connectivity index (χ2v) is 6.02. The lowest BCUT2D eigenvalue weighted by molar-refractivity contribution is -0.139. The lowest BCUT2D eigenvalue weighted by Crippen LogP contribution is -2.45. The monoisotopic (exact) mass is 368 g/mol. The van der Waals surface area contributed by atoms with Crippen LogP contribution in [0.15, 0.2) is 23.4 Å². The van der Waals surface area contributed by atoms with Gasteiger partial charge in [-0.15, -0.1) is 0 Å². The van der Waals surface area contributed by atoms with Gasteiger partial charge in [0.05, 0.1) is 30.4 Å². The summed E-state index contributed by atoms with van der Waals surface area (Å²) in [4.78, 5) is 24.4. The van der Waals surface area contributed by atoms with Crippen LogP contribution in [0.1, 0.15) is 38.3 Å². The summed E-state index contributed by atoms with van der Waals surface area (Å²) in [7, 11) is 1.39. The van der Waals surface area contributed by atoms with Crippen LogP contribution in [0.2, 0.25) is 5.02 Å². The Labute approximate surface area is 150 Å². The largest absolute Gasteiger partial charge is 0.503 e. The van der Waals surface area contributed by atoms with Gasteiger partial charge in [0.25, 0.3) is 0 Å². The number of hydrogen-bond acceptors (Lipinski definition) is 5. The highest BCUT2D eigenvalue weighted by molar-refractivity contribution is 6.32. The third kappa shape index (κ3) is 4.17. The Hall–Kier alpha value is -2.41. The van der Waals surface area contributed by atoms with E-state index in [4.69, 9.17) is 21.1 Å². The fourth-order valence-electron chi connectivity index (χ4n) is 2.52. The van der Waals surface area contributed by atoms with E-state index in [1.165, 1.54) is 19.2 Å². The Morgan fingerprint density at radius 1 is 1.40 bits per heavy atom. The van der Waals surface area contributed by atoms with Crippen molar-refractivity contribution >= 4 is 23.6 Å². The van der Waals surface area contributed by atoms with Gasteiger partial charge < -0.3 is 25.2 Å². The van der Waals surface area contributed by atoms with Crippen LogP contribution in [0.5, 0.6) is 11.5 Å². The zero-order chi connectivity index (χ0) is 18.6. The summed E-state index contributed by atoms with van der Waals surface area (Å²) in [5.41, 5.74) is 1.18. The predicted molar refractivity (Wildman–Crippen MR) is 92.6 cm³/mol. The normalized spacial score (nSPS) is 17.0. The maximum atomic E-state index is 12.5. The average Bonchev–Trinajstić information content (AvgIpc) is 2.56. The third-order valence-corrected chi connectivity index (χ3v) is 4.11. The number of carbonyl (C=O) groups is 2. The van der Waals surface area contributed by atoms with Gasteiger partial charge in [0.1, 0.15) is 0 Å². The second kappa shape index (κ2) is 8.11. The van der Waals surface area contributed by atoms with Crippen molar-refractivity contribution in [2.45, 2.75) is 32.7 Å². The number of ether oxygens (including phenoxy) is 2. The van der Waals surface area contributed by atoms with E-state index in [1.54, 1.807) is 6.92 Å². The number of aromatic hydroxyl groups is 1. The summed E-state index contributed by atoms with van der Waals surface area (Å²) in [6.45, 7) is 3.92. The van der Waals surface area contributed by atoms with Gasteiger partial charge >= 0.3 is 12.0 Å². The number of allylic oxidation sites excluding steroid dienone is 1. The minimum Gasteiger partial charge on any atom is -0.503 e. The summed E-state index contributed by atoms with van der Waals surface area (Å²) in [6.07, 6.45) is 1.65. The number of unbranched alkanes of at least 4 members (excludes halogenated alkanes) is 1. The van der Waals surface area contributed by atoms with Gasteiger partial charge in [0.2, 0.25) is 0 Å². The van der Waals surface area contributed by atoms with Crippen LogP contribution < -0.4 is 15.4 Å². The molecule has 0 radical (unpaired) electrons. The summed E-state index contributed by atoms with van der Waals surface area (Å²) < 4.78 is 10.4. The van der Waals surface area contributed by atoms with Gasteiger partial charge in [0, 0.05) is 5.70 Å². The van der Waals surface area contributed by atoms with Crippen molar-refractivity contribution in [3.63, 3.8) is 0 Å². The lowest BCUT2D eigenvalue weighted by Gasteiger charge is -2.28. The van der Waals surface area contributed by atoms with Gasteiger partial charge in [-0.3, -0.25) is 0 Å². The van der Waals surface area contributed by atoms with Crippen LogP contribution in [0.4, 0.5) is 4.79 Å². The number of rotatable bonds is 6. The molecule has 3 N–H and O–H groups in total. The molecule has 1 aromatic carbocycles. The van der Waals surface area contributed by atoms with Gasteiger partial charge in [-0.2, -0.15) is 0 Å². The molecule has 0 saturated heterocycles. The number of carbonyl (C=O) groups excluding carboxylic acids is 2. The number of urea groups is 1. The predicted octanol–water partition coefficient (Wildman–Crippen LogP) is 3.03. The van der Waals surface area contributed by atoms with Gasteiger partial charge in [-0.05, 0) is 31.0 Å². The van der Waals surface area contributed by atoms with Crippen LogP contribution in [0.25, 0.3) is 0 Å². The molecule has 136 valence electrons. The van der Waals surface area contributed by atoms with Crippen molar-refractivity contribution in [2.75, 3.05) is 13.7 Å². The molecule has 25 heavy (non-hydrogen) atoms. The molecule has 8 heteroatoms. The van der Waals surface area contributed by atoms with Crippen molar-refractivity contribution in [2.24, 2.45) is 0 Å². The van der Waals surface area contributed by atoms with Gasteiger partial charge in [-0.1, -0.05) is 24.9 Å². The molecule has 1 aromatic rings. The molecule has 2 amide bonds. The first-order valence-corrected chi connectivity index (χ1v) is 8.28. The Kier molecular flexibility index (Phi) is 6.14. The fraction of sp³-hybridized carbons (Fsp3) is 0.412. The fourth-order valence-corrected chi connectivity index (χ4v) is 2.74. The minimum absolute atomic E-state index is 0.0542. The zero-order valence-corrected chi connectivity index (χ0v) is 15.1. The van der Waals surface area contributed by atoms with Crippen LogP contribution in [-0.4, -0.2) is 30.8 Å². The average molecular weight is 369 g/mol. The molecule has 0 spiro atoms. The highest BCUT2D eigenvalue weighted by Crippen LogP contribution is 2.39. The van der Waals surface area contributed by atoms with Crippen molar-refractivity contribution in [1.29, 1.82) is 0 Å². The van der Waals surface area contributed by atoms with E-state index >= 15 is 0 Å². The molecule has 1 atom stereocenters. The number of amides is 2. The Bertz CT molecular complexity index is 717. The molecule has 0 aromatic heterocycles. The van der Waals surface area contributed by atoms with E-state index < -0.39 is 18.0 Å². The number of halogens is 1. The van der Waals surface area contributed by atoms with Crippen LogP contribution in [0, 0.1) is 0 Å². The SMILES string of the molecule is CCCCOC(=O)C1=C(C)NC(=O)N[C@H]1c1cc(Cl)c(O)c(OC)c1. The summed E-state index contributed by atoms with van der Waals surface area (Å²) in [5, 5.41) is 15.2. The highest BCUT2D eigenvalue weighted by atomic mass is 35.5. The summed E-state index contributed by atoms with van der Waals surface area (Å²) in [6, 6.07) is 1.78. The first kappa shape index (κ1) is 18.9. The van der Waals surface area contributed by atoms with Crippen molar-refractivity contribution < 1.29 is 24.2 Å². The number of methoxy groups -OCH3 is 1. The van der Waals surface area contributed by atoms with Crippen LogP contribution in [-0.2, 0) is 9.53 Å². The van der Waals surface area contributed by atoms with E-state index in [9.17, 15) is 14.7 Å². The first-order valence-electron chi connectivity index (χ1n) is 7.90. The van der Waals surface area contributed by atoms with Gasteiger partial charge in [0.15, 0.2) is 11.5 Å². The standard InChI is InChI=1S/C17H21ClN2O5/c1-4-5-6-25-16(22)13-9(2)19-17(23)20-14(13)10-7-11(18)15(21)12(8-10)24-3/h7-8,14,21H,4-6H2,1-3H3,(H2,19,20,23)/t14-/m0/s1. The number of phenolic OH excluding ortho intramolecular Hbond substituents is 1. The third-order valence-electron chi connectivity index (χ3n) is 3.82. The molecular formula is C17H21ClN2O5. The Balaban J connectivity index is 2.42. The lowest BCUT2D eigenvalue weighted by atomic mass is 9.95. The maximum Gasteiger partial charge on any atom is 0.338 e. The van der Waals surface area contributed by atoms with Crippen molar-refractivity contribution in [1.82, 2.24) is 10.6 Å². The van der Waals surface area contributed by atoms with Crippen molar-refractivity contribution in [3.8, 4) is 11.5 Å². The summed E-state index contributed by atoms with van der Waals surface area (Å²) >= 11 is 6.03. The maximum absolute atomic E-state index is 12.5. The number of benzene rings is 1. The van der Waals surface area contributed by atoms with E-state index in [-0.39, 0.29) is 22.1 Å². The van der Waals surface area contributed by atoms with Crippen LogP contribution >= 0.6 is 11.6 Å². The molecule has 0 unspecified atom stereocenters. The molecular weight excluding hydrogens is 348 g/mol. The topological polar surface area (TPSA) is 96.9 Å². The quantitative estimate of drug-likeness (QED) is 0.529. The number of phenols is 1. The molecule has 1 aliphatic heterocycles. The van der Waals surface area contributed by atoms with Crippen LogP contribution in [0.3, 0.4) is 0 Å². The smallest absolute Gasteiger partial charge is 0.338 e. The number of hydrogen-bond donors (Lipinski definition) is 3.